The first-order valence-corrected chi connectivity index (χ1v) is 25.1. The van der Waals surface area contributed by atoms with Gasteiger partial charge in [0.05, 0.1) is 34.3 Å². The molecule has 0 aliphatic carbocycles. The quantitative estimate of drug-likeness (QED) is 0.0739. The first-order chi connectivity index (χ1) is 26.0. The summed E-state index contributed by atoms with van der Waals surface area (Å²) in [7, 11) is 5.22. The van der Waals surface area contributed by atoms with E-state index in [9.17, 15) is 9.59 Å². The molecule has 0 amide bonds. The van der Waals surface area contributed by atoms with Gasteiger partial charge in [0.1, 0.15) is 0 Å². The van der Waals surface area contributed by atoms with Crippen LogP contribution in [0.1, 0.15) is 58.3 Å². The molecule has 0 saturated carbocycles. The van der Waals surface area contributed by atoms with E-state index in [2.05, 4.69) is 56.8 Å². The second-order valence-electron chi connectivity index (χ2n) is 13.3. The molecule has 2 fully saturated rings. The van der Waals surface area contributed by atoms with Gasteiger partial charge in [0, 0.05) is 34.6 Å². The minimum absolute atomic E-state index is 0.126. The molecule has 2 aliphatic heterocycles. The summed E-state index contributed by atoms with van der Waals surface area (Å²) in [5.74, 6) is 3.68. The molecule has 2 aliphatic rings. The number of fused-ring (bicyclic) bond motifs is 6. The predicted octanol–water partition coefficient (Wildman–Crippen LogP) is 11.6. The van der Waals surface area contributed by atoms with E-state index < -0.39 is 0 Å². The zero-order valence-electron chi connectivity index (χ0n) is 31.1. The fourth-order valence-electron chi connectivity index (χ4n) is 7.31. The number of unbranched alkanes of at least 4 members (excludes halogenated alkanes) is 2. The van der Waals surface area contributed by atoms with Crippen molar-refractivity contribution < 1.29 is 4.74 Å². The monoisotopic (exact) mass is 804 g/mol. The van der Waals surface area contributed by atoms with Crippen LogP contribution in [-0.4, -0.2) is 44.9 Å². The van der Waals surface area contributed by atoms with Crippen LogP contribution in [0.5, 0.6) is 0 Å². The SMILES string of the molecule is C1CC2CCC1O2.CCn1c2ccccc2c(=O)c2ccccc21.CSP.O=c1c2ccccc2n(CCCSCCCCCSP)c2ccccc12. The number of hydrogen-bond donors (Lipinski definition) is 0. The van der Waals surface area contributed by atoms with Crippen LogP contribution in [0, 0.1) is 0 Å². The molecule has 2 aromatic heterocycles. The van der Waals surface area contributed by atoms with Crippen molar-refractivity contribution in [3.8, 4) is 0 Å². The molecule has 2 atom stereocenters. The summed E-state index contributed by atoms with van der Waals surface area (Å²) in [5, 5.41) is 3.25. The average molecular weight is 805 g/mol. The number of nitrogens with zero attached hydrogens (tertiary/aromatic N) is 2. The maximum atomic E-state index is 12.7. The fourth-order valence-corrected chi connectivity index (χ4v) is 9.12. The number of rotatable bonds is 11. The molecular weight excluding hydrogens is 751 g/mol. The van der Waals surface area contributed by atoms with Gasteiger partial charge in [-0.05, 0) is 124 Å². The van der Waals surface area contributed by atoms with E-state index in [0.717, 1.165) is 63.1 Å². The number of ether oxygens (including phenoxy) is 1. The molecule has 8 rings (SSSR count). The molecule has 2 bridgehead atoms. The Hall–Kier alpha value is -2.31. The standard InChI is InChI=1S/C21H26NOPS2.C15H13NO.C6H10O.CH5PS/c23-21-17-9-2-4-11-19(17)22(20-12-5-3-10-18(20)21)13-8-15-25-14-6-1-7-16-26-24;1-2-16-13-9-5-3-7-11(13)15(17)12-8-4-6-10-14(12)16;1-2-6-4-3-5(1)7-6;1-3-2/h2-5,9-12H,1,6-8,13-16,24H2;3-10H,2H2,1H3;5-6H,1-4H2;2H2,1H3. The highest BCUT2D eigenvalue weighted by molar-refractivity contribution is 8.43. The number of benzene rings is 4. The van der Waals surface area contributed by atoms with Crippen molar-refractivity contribution >= 4 is 95.0 Å². The normalized spacial score (nSPS) is 15.8. The second-order valence-corrected chi connectivity index (χ2v) is 18.1. The van der Waals surface area contributed by atoms with Crippen molar-refractivity contribution in [2.24, 2.45) is 0 Å². The third kappa shape index (κ3) is 11.1. The molecule has 2 saturated heterocycles. The van der Waals surface area contributed by atoms with Gasteiger partial charge in [-0.3, -0.25) is 9.59 Å². The second kappa shape index (κ2) is 22.3. The molecule has 0 spiro atoms. The highest BCUT2D eigenvalue weighted by Crippen LogP contribution is 2.33. The van der Waals surface area contributed by atoms with Crippen LogP contribution >= 0.6 is 51.4 Å². The lowest BCUT2D eigenvalue weighted by Crippen LogP contribution is -2.12. The largest absolute Gasteiger partial charge is 0.375 e. The van der Waals surface area contributed by atoms with Crippen LogP contribution < -0.4 is 10.9 Å². The molecule has 0 N–H and O–H groups in total. The van der Waals surface area contributed by atoms with Crippen molar-refractivity contribution in [1.29, 1.82) is 0 Å². The molecule has 4 heterocycles. The van der Waals surface area contributed by atoms with Gasteiger partial charge in [0.25, 0.3) is 0 Å². The maximum absolute atomic E-state index is 12.7. The van der Waals surface area contributed by atoms with Gasteiger partial charge in [0.15, 0.2) is 10.9 Å². The predicted molar refractivity (Wildman–Crippen MR) is 245 cm³/mol. The minimum atomic E-state index is 0.126. The number of aryl methyl sites for hydroxylation is 2. The number of para-hydroxylation sites is 4. The van der Waals surface area contributed by atoms with E-state index in [1.807, 2.05) is 103 Å². The molecule has 10 heteroatoms. The first-order valence-electron chi connectivity index (χ1n) is 18.8. The van der Waals surface area contributed by atoms with Crippen LogP contribution in [0.3, 0.4) is 0 Å². The summed E-state index contributed by atoms with van der Waals surface area (Å²) in [6.45, 7) is 3.92. The van der Waals surface area contributed by atoms with Gasteiger partial charge in [0.2, 0.25) is 0 Å². The molecule has 0 radical (unpaired) electrons. The van der Waals surface area contributed by atoms with E-state index in [1.165, 1.54) is 62.2 Å². The number of thioether (sulfide) groups is 1. The van der Waals surface area contributed by atoms with Gasteiger partial charge < -0.3 is 13.9 Å². The van der Waals surface area contributed by atoms with Crippen molar-refractivity contribution in [3.63, 3.8) is 0 Å². The van der Waals surface area contributed by atoms with E-state index in [-0.39, 0.29) is 10.9 Å². The smallest absolute Gasteiger partial charge is 0.197 e. The highest BCUT2D eigenvalue weighted by Gasteiger charge is 2.31. The Bertz CT molecular complexity index is 2040. The lowest BCUT2D eigenvalue weighted by atomic mass is 10.0. The van der Waals surface area contributed by atoms with Crippen LogP contribution in [0.2, 0.25) is 0 Å². The van der Waals surface area contributed by atoms with Gasteiger partial charge in [-0.25, -0.2) is 0 Å². The molecule has 53 heavy (non-hydrogen) atoms. The number of aromatic nitrogens is 2. The van der Waals surface area contributed by atoms with Crippen molar-refractivity contribution in [1.82, 2.24) is 9.13 Å². The summed E-state index contributed by atoms with van der Waals surface area (Å²) >= 11 is 5.58. The fraction of sp³-hybridized carbons (Fsp3) is 0.395. The zero-order valence-corrected chi connectivity index (χ0v) is 35.8. The highest BCUT2D eigenvalue weighted by atomic mass is 32.7. The molecule has 4 aromatic carbocycles. The number of hydrogen-bond acceptors (Lipinski definition) is 6. The summed E-state index contributed by atoms with van der Waals surface area (Å²) in [6, 6.07) is 31.6. The van der Waals surface area contributed by atoms with E-state index in [4.69, 9.17) is 4.74 Å². The molecule has 5 nitrogen and oxygen atoms in total. The third-order valence-electron chi connectivity index (χ3n) is 9.80. The minimum Gasteiger partial charge on any atom is -0.375 e. The van der Waals surface area contributed by atoms with Crippen LogP contribution in [0.15, 0.2) is 107 Å². The van der Waals surface area contributed by atoms with Crippen LogP contribution in [0.4, 0.5) is 0 Å². The Morgan fingerprint density at radius 2 is 0.962 bits per heavy atom. The van der Waals surface area contributed by atoms with Crippen molar-refractivity contribution in [3.05, 3.63) is 118 Å². The van der Waals surface area contributed by atoms with Crippen molar-refractivity contribution in [2.45, 2.75) is 83.6 Å². The van der Waals surface area contributed by atoms with E-state index >= 15 is 0 Å². The Morgan fingerprint density at radius 3 is 1.34 bits per heavy atom. The average Bonchev–Trinajstić information content (AvgIpc) is 3.87. The topological polar surface area (TPSA) is 53.2 Å². The first kappa shape index (κ1) is 41.8. The third-order valence-corrected chi connectivity index (χ3v) is 12.2. The Morgan fingerprint density at radius 1 is 0.585 bits per heavy atom. The van der Waals surface area contributed by atoms with Crippen LogP contribution in [0.25, 0.3) is 43.6 Å². The van der Waals surface area contributed by atoms with Gasteiger partial charge in [-0.15, -0.1) is 22.8 Å². The molecule has 2 unspecified atom stereocenters. The van der Waals surface area contributed by atoms with Crippen LogP contribution in [-0.2, 0) is 17.8 Å². The summed E-state index contributed by atoms with van der Waals surface area (Å²) in [6.07, 6.45) is 13.8. The summed E-state index contributed by atoms with van der Waals surface area (Å²) in [4.78, 5) is 25.1. The van der Waals surface area contributed by atoms with Gasteiger partial charge >= 0.3 is 0 Å². The van der Waals surface area contributed by atoms with Crippen molar-refractivity contribution in [2.75, 3.05) is 23.5 Å². The zero-order chi connectivity index (χ0) is 37.4. The summed E-state index contributed by atoms with van der Waals surface area (Å²) in [5.41, 5.74) is 4.40. The molecule has 6 aromatic rings. The van der Waals surface area contributed by atoms with E-state index in [1.54, 1.807) is 11.4 Å². The molecular formula is C43H54N2O3P2S3. The lowest BCUT2D eigenvalue weighted by Gasteiger charge is -2.15. The Balaban J connectivity index is 0.000000169. The molecule has 282 valence electrons. The van der Waals surface area contributed by atoms with Gasteiger partial charge in [-0.2, -0.15) is 11.8 Å². The lowest BCUT2D eigenvalue weighted by molar-refractivity contribution is 0.105. The van der Waals surface area contributed by atoms with Gasteiger partial charge in [-0.1, -0.05) is 71.8 Å². The maximum Gasteiger partial charge on any atom is 0.197 e. The van der Waals surface area contributed by atoms with E-state index in [0.29, 0.717) is 12.2 Å². The Kier molecular flexibility index (Phi) is 17.6. The number of pyridine rings is 2. The Labute approximate surface area is 331 Å². The summed E-state index contributed by atoms with van der Waals surface area (Å²) < 4.78 is 9.98.